The second-order valence-corrected chi connectivity index (χ2v) is 11.1. The van der Waals surface area contributed by atoms with Crippen molar-refractivity contribution in [2.45, 2.75) is 82.2 Å². The number of aromatic amines is 1. The van der Waals surface area contributed by atoms with Gasteiger partial charge in [-0.25, -0.2) is 9.97 Å². The van der Waals surface area contributed by atoms with Crippen LogP contribution >= 0.6 is 0 Å². The van der Waals surface area contributed by atoms with E-state index in [-0.39, 0.29) is 29.9 Å². The summed E-state index contributed by atoms with van der Waals surface area (Å²) in [5, 5.41) is 14.3. The van der Waals surface area contributed by atoms with Crippen molar-refractivity contribution in [1.82, 2.24) is 24.8 Å². The number of carbonyl (C=O) groups excluding carboxylic acids is 1. The average Bonchev–Trinajstić information content (AvgIpc) is 3.60. The van der Waals surface area contributed by atoms with Crippen LogP contribution in [0.5, 0.6) is 0 Å². The van der Waals surface area contributed by atoms with Gasteiger partial charge in [-0.3, -0.25) is 4.79 Å². The molecule has 0 radical (unpaired) electrons. The zero-order chi connectivity index (χ0) is 23.3. The first kappa shape index (κ1) is 21.7. The van der Waals surface area contributed by atoms with Crippen molar-refractivity contribution in [3.8, 4) is 12.3 Å². The van der Waals surface area contributed by atoms with Gasteiger partial charge in [-0.05, 0) is 75.2 Å². The number of carbonyl (C=O) groups is 1. The number of nitrogens with zero attached hydrogens (tertiary/aromatic N) is 3. The first-order chi connectivity index (χ1) is 16.5. The van der Waals surface area contributed by atoms with Gasteiger partial charge >= 0.3 is 0 Å². The Labute approximate surface area is 199 Å². The first-order valence-corrected chi connectivity index (χ1v) is 12.7. The maximum Gasteiger partial charge on any atom is 0.228 e. The van der Waals surface area contributed by atoms with Crippen molar-refractivity contribution in [1.29, 1.82) is 0 Å². The second-order valence-electron chi connectivity index (χ2n) is 11.1. The molecule has 6 rings (SSSR count). The van der Waals surface area contributed by atoms with Crippen molar-refractivity contribution in [2.75, 3.05) is 6.61 Å². The quantitative estimate of drug-likeness (QED) is 0.485. The Hall–Kier alpha value is -2.85. The molecule has 178 valence electrons. The largest absolute Gasteiger partial charge is 0.396 e. The van der Waals surface area contributed by atoms with Gasteiger partial charge in [0.2, 0.25) is 5.91 Å². The SMILES string of the molecule is C#CCC1CCC(n2c(CC(=O)NC34CCC(CO)(CC3)C4)nc3cnc4[nH]ccc4c32)CC1. The molecule has 7 nitrogen and oxygen atoms in total. The molecule has 3 aromatic rings. The van der Waals surface area contributed by atoms with E-state index < -0.39 is 0 Å². The molecule has 0 aromatic carbocycles. The first-order valence-electron chi connectivity index (χ1n) is 12.7. The zero-order valence-corrected chi connectivity index (χ0v) is 19.6. The van der Waals surface area contributed by atoms with Crippen molar-refractivity contribution in [2.24, 2.45) is 11.3 Å². The van der Waals surface area contributed by atoms with Crippen LogP contribution in [0.15, 0.2) is 18.5 Å². The van der Waals surface area contributed by atoms with Crippen LogP contribution in [0.3, 0.4) is 0 Å². The number of fused-ring (bicyclic) bond motifs is 5. The molecule has 7 heteroatoms. The van der Waals surface area contributed by atoms with Crippen LogP contribution in [0.25, 0.3) is 22.1 Å². The highest BCUT2D eigenvalue weighted by atomic mass is 16.3. The normalized spacial score (nSPS) is 30.7. The van der Waals surface area contributed by atoms with Gasteiger partial charge in [0.1, 0.15) is 17.0 Å². The number of aliphatic hydroxyl groups is 1. The van der Waals surface area contributed by atoms with E-state index in [9.17, 15) is 9.90 Å². The molecule has 3 saturated carbocycles. The van der Waals surface area contributed by atoms with Gasteiger partial charge in [0, 0.05) is 36.2 Å². The van der Waals surface area contributed by atoms with E-state index in [4.69, 9.17) is 11.4 Å². The molecule has 0 saturated heterocycles. The summed E-state index contributed by atoms with van der Waals surface area (Å²) < 4.78 is 2.33. The highest BCUT2D eigenvalue weighted by Crippen LogP contribution is 2.56. The number of hydrogen-bond acceptors (Lipinski definition) is 4. The molecule has 3 N–H and O–H groups in total. The number of hydrogen-bond donors (Lipinski definition) is 3. The lowest BCUT2D eigenvalue weighted by atomic mass is 9.84. The van der Waals surface area contributed by atoms with E-state index in [0.29, 0.717) is 12.0 Å². The number of nitrogens with one attached hydrogen (secondary N) is 2. The fourth-order valence-electron chi connectivity index (χ4n) is 7.13. The lowest BCUT2D eigenvalue weighted by molar-refractivity contribution is -0.122. The van der Waals surface area contributed by atoms with Gasteiger partial charge in [0.25, 0.3) is 0 Å². The molecule has 0 spiro atoms. The third kappa shape index (κ3) is 3.51. The highest BCUT2D eigenvalue weighted by molar-refractivity contribution is 6.01. The summed E-state index contributed by atoms with van der Waals surface area (Å²) in [6, 6.07) is 2.36. The lowest BCUT2D eigenvalue weighted by Crippen LogP contribution is -2.46. The van der Waals surface area contributed by atoms with Crippen LogP contribution in [0, 0.1) is 23.7 Å². The van der Waals surface area contributed by atoms with E-state index in [0.717, 1.165) is 92.1 Å². The lowest BCUT2D eigenvalue weighted by Gasteiger charge is -2.31. The summed E-state index contributed by atoms with van der Waals surface area (Å²) in [5.41, 5.74) is 2.64. The molecule has 3 aliphatic carbocycles. The summed E-state index contributed by atoms with van der Waals surface area (Å²) >= 11 is 0. The Morgan fingerprint density at radius 1 is 1.26 bits per heavy atom. The van der Waals surface area contributed by atoms with E-state index in [1.54, 1.807) is 0 Å². The van der Waals surface area contributed by atoms with Crippen LogP contribution in [-0.4, -0.2) is 42.7 Å². The molecule has 3 fully saturated rings. The third-order valence-electron chi connectivity index (χ3n) is 8.94. The van der Waals surface area contributed by atoms with Gasteiger partial charge in [-0.1, -0.05) is 0 Å². The fourth-order valence-corrected chi connectivity index (χ4v) is 7.13. The Morgan fingerprint density at radius 3 is 2.76 bits per heavy atom. The Kier molecular flexibility index (Phi) is 5.18. The minimum atomic E-state index is -0.153. The number of pyridine rings is 1. The van der Waals surface area contributed by atoms with Crippen molar-refractivity contribution >= 4 is 28.0 Å². The number of aliphatic hydroxyl groups excluding tert-OH is 1. The van der Waals surface area contributed by atoms with Crippen LogP contribution in [-0.2, 0) is 11.2 Å². The van der Waals surface area contributed by atoms with Crippen LogP contribution in [0.2, 0.25) is 0 Å². The van der Waals surface area contributed by atoms with Crippen LogP contribution < -0.4 is 5.32 Å². The molecule has 0 atom stereocenters. The summed E-state index contributed by atoms with van der Waals surface area (Å²) in [7, 11) is 0. The van der Waals surface area contributed by atoms with Gasteiger partial charge in [0.15, 0.2) is 0 Å². The smallest absolute Gasteiger partial charge is 0.228 e. The van der Waals surface area contributed by atoms with Crippen LogP contribution in [0.4, 0.5) is 0 Å². The topological polar surface area (TPSA) is 95.8 Å². The Morgan fingerprint density at radius 2 is 2.06 bits per heavy atom. The molecule has 3 aromatic heterocycles. The summed E-state index contributed by atoms with van der Waals surface area (Å²) in [5.74, 6) is 4.28. The molecule has 3 aliphatic rings. The monoisotopic (exact) mass is 459 g/mol. The van der Waals surface area contributed by atoms with E-state index >= 15 is 0 Å². The second kappa shape index (κ2) is 8.13. The summed E-state index contributed by atoms with van der Waals surface area (Å²) in [6.07, 6.45) is 19.5. The number of H-pyrrole nitrogens is 1. The van der Waals surface area contributed by atoms with Gasteiger partial charge < -0.3 is 20.0 Å². The Bertz CT molecular complexity index is 1270. The fraction of sp³-hybridized carbons (Fsp3) is 0.593. The third-order valence-corrected chi connectivity index (χ3v) is 8.94. The standard InChI is InChI=1S/C27H33N5O2/c1-2-3-18-4-6-19(7-5-18)32-22(30-21-15-29-25-20(24(21)32)8-13-28-25)14-23(34)31-27-11-9-26(16-27,17-33)10-12-27/h1,8,13,15,18-19,33H,3-7,9-12,14,16-17H2,(H,28,29)(H,31,34). The summed E-state index contributed by atoms with van der Waals surface area (Å²) in [4.78, 5) is 26.0. The predicted octanol–water partition coefficient (Wildman–Crippen LogP) is 4.02. The highest BCUT2D eigenvalue weighted by Gasteiger charge is 2.54. The van der Waals surface area contributed by atoms with Crippen molar-refractivity contribution in [3.63, 3.8) is 0 Å². The van der Waals surface area contributed by atoms with E-state index in [2.05, 4.69) is 31.8 Å². The molecule has 34 heavy (non-hydrogen) atoms. The molecule has 0 unspecified atom stereocenters. The van der Waals surface area contributed by atoms with E-state index in [1.807, 2.05) is 12.4 Å². The minimum Gasteiger partial charge on any atom is -0.396 e. The van der Waals surface area contributed by atoms with Gasteiger partial charge in [0.05, 0.1) is 18.1 Å². The van der Waals surface area contributed by atoms with E-state index in [1.165, 1.54) is 0 Å². The molecule has 3 heterocycles. The van der Waals surface area contributed by atoms with Gasteiger partial charge in [-0.15, -0.1) is 12.3 Å². The molecular formula is C27H33N5O2. The van der Waals surface area contributed by atoms with Crippen molar-refractivity contribution in [3.05, 3.63) is 24.3 Å². The molecule has 2 bridgehead atoms. The molecule has 0 aliphatic heterocycles. The predicted molar refractivity (Wildman–Crippen MR) is 131 cm³/mol. The molecular weight excluding hydrogens is 426 g/mol. The summed E-state index contributed by atoms with van der Waals surface area (Å²) in [6.45, 7) is 0.225. The zero-order valence-electron chi connectivity index (χ0n) is 19.6. The number of aromatic nitrogens is 4. The maximum atomic E-state index is 13.3. The minimum absolute atomic E-state index is 0.0169. The van der Waals surface area contributed by atoms with Crippen LogP contribution in [0.1, 0.15) is 76.1 Å². The Balaban J connectivity index is 1.31. The maximum absolute atomic E-state index is 13.3. The van der Waals surface area contributed by atoms with Gasteiger partial charge in [-0.2, -0.15) is 0 Å². The van der Waals surface area contributed by atoms with Crippen molar-refractivity contribution < 1.29 is 9.90 Å². The number of amides is 1. The number of terminal acetylenes is 1. The average molecular weight is 460 g/mol. The molecule has 1 amide bonds. The number of rotatable bonds is 6. The number of imidazole rings is 1.